The lowest BCUT2D eigenvalue weighted by atomic mass is 10.1. The Labute approximate surface area is 173 Å². The molecule has 1 aliphatic heterocycles. The fourth-order valence-corrected chi connectivity index (χ4v) is 4.29. The first-order valence-electron chi connectivity index (χ1n) is 9.32. The Balaban J connectivity index is 1.46. The number of anilines is 1. The van der Waals surface area contributed by atoms with E-state index in [4.69, 9.17) is 16.3 Å². The molecule has 4 rings (SSSR count). The van der Waals surface area contributed by atoms with E-state index in [1.807, 2.05) is 48.5 Å². The van der Waals surface area contributed by atoms with E-state index in [0.717, 1.165) is 42.1 Å². The molecule has 4 nitrogen and oxygen atoms in total. The van der Waals surface area contributed by atoms with Crippen LogP contribution in [0.2, 0.25) is 5.02 Å². The molecule has 1 aromatic heterocycles. The molecular weight excluding hydrogens is 392 g/mol. The van der Waals surface area contributed by atoms with Gasteiger partial charge < -0.3 is 15.4 Å². The van der Waals surface area contributed by atoms with Gasteiger partial charge in [-0.3, -0.25) is 4.79 Å². The second kappa shape index (κ2) is 8.78. The van der Waals surface area contributed by atoms with Gasteiger partial charge in [-0.05, 0) is 74.0 Å². The predicted molar refractivity (Wildman–Crippen MR) is 116 cm³/mol. The number of rotatable bonds is 5. The molecule has 1 fully saturated rings. The van der Waals surface area contributed by atoms with Crippen LogP contribution >= 0.6 is 22.9 Å². The first-order chi connectivity index (χ1) is 13.7. The van der Waals surface area contributed by atoms with Gasteiger partial charge >= 0.3 is 0 Å². The van der Waals surface area contributed by atoms with Gasteiger partial charge in [-0.15, -0.1) is 11.3 Å². The van der Waals surface area contributed by atoms with Crippen LogP contribution in [-0.2, 0) is 0 Å². The van der Waals surface area contributed by atoms with Gasteiger partial charge in [-0.2, -0.15) is 0 Å². The SMILES string of the molecule is O=C(Nc1cccc(Cl)c1)c1ccc(-c2cccc(OC3CCNCC3)c2)s1. The molecule has 28 heavy (non-hydrogen) atoms. The third-order valence-corrected chi connectivity index (χ3v) is 5.99. The minimum absolute atomic E-state index is 0.138. The van der Waals surface area contributed by atoms with Crippen molar-refractivity contribution in [3.05, 3.63) is 70.6 Å². The third kappa shape index (κ3) is 4.73. The van der Waals surface area contributed by atoms with E-state index in [0.29, 0.717) is 15.6 Å². The summed E-state index contributed by atoms with van der Waals surface area (Å²) in [6.45, 7) is 2.00. The van der Waals surface area contributed by atoms with Gasteiger partial charge in [-0.25, -0.2) is 0 Å². The lowest BCUT2D eigenvalue weighted by Gasteiger charge is -2.24. The van der Waals surface area contributed by atoms with Crippen molar-refractivity contribution in [1.82, 2.24) is 5.32 Å². The fraction of sp³-hybridized carbons (Fsp3) is 0.227. The zero-order valence-electron chi connectivity index (χ0n) is 15.3. The molecule has 0 unspecified atom stereocenters. The molecule has 0 radical (unpaired) electrons. The second-order valence-electron chi connectivity index (χ2n) is 6.72. The highest BCUT2D eigenvalue weighted by Gasteiger charge is 2.15. The van der Waals surface area contributed by atoms with Crippen LogP contribution in [0.3, 0.4) is 0 Å². The summed E-state index contributed by atoms with van der Waals surface area (Å²) in [7, 11) is 0. The number of thiophene rings is 1. The second-order valence-corrected chi connectivity index (χ2v) is 8.24. The smallest absolute Gasteiger partial charge is 0.265 e. The van der Waals surface area contributed by atoms with Crippen molar-refractivity contribution in [1.29, 1.82) is 0 Å². The molecule has 144 valence electrons. The maximum atomic E-state index is 12.5. The van der Waals surface area contributed by atoms with Crippen LogP contribution in [0.1, 0.15) is 22.5 Å². The maximum Gasteiger partial charge on any atom is 0.265 e. The van der Waals surface area contributed by atoms with Gasteiger partial charge in [-0.1, -0.05) is 29.8 Å². The van der Waals surface area contributed by atoms with E-state index in [9.17, 15) is 4.79 Å². The molecule has 1 aliphatic rings. The lowest BCUT2D eigenvalue weighted by molar-refractivity contribution is 0.103. The highest BCUT2D eigenvalue weighted by atomic mass is 35.5. The van der Waals surface area contributed by atoms with Crippen LogP contribution in [0.5, 0.6) is 5.75 Å². The molecule has 2 aromatic carbocycles. The Morgan fingerprint density at radius 2 is 1.89 bits per heavy atom. The van der Waals surface area contributed by atoms with Crippen LogP contribution in [0.25, 0.3) is 10.4 Å². The molecule has 1 amide bonds. The van der Waals surface area contributed by atoms with Gasteiger partial charge in [0.2, 0.25) is 0 Å². The molecule has 0 aliphatic carbocycles. The predicted octanol–water partition coefficient (Wildman–Crippen LogP) is 5.45. The van der Waals surface area contributed by atoms with Crippen molar-refractivity contribution in [3.8, 4) is 16.2 Å². The van der Waals surface area contributed by atoms with Crippen LogP contribution in [0.15, 0.2) is 60.7 Å². The van der Waals surface area contributed by atoms with E-state index >= 15 is 0 Å². The molecule has 0 spiro atoms. The largest absolute Gasteiger partial charge is 0.490 e. The summed E-state index contributed by atoms with van der Waals surface area (Å²) < 4.78 is 6.13. The van der Waals surface area contributed by atoms with Crippen molar-refractivity contribution in [2.75, 3.05) is 18.4 Å². The van der Waals surface area contributed by atoms with Crippen LogP contribution < -0.4 is 15.4 Å². The van der Waals surface area contributed by atoms with Gasteiger partial charge in [0.25, 0.3) is 5.91 Å². The number of benzene rings is 2. The summed E-state index contributed by atoms with van der Waals surface area (Å²) in [5.41, 5.74) is 1.74. The van der Waals surface area contributed by atoms with Crippen LogP contribution in [-0.4, -0.2) is 25.1 Å². The number of hydrogen-bond acceptors (Lipinski definition) is 4. The van der Waals surface area contributed by atoms with Crippen molar-refractivity contribution < 1.29 is 9.53 Å². The monoisotopic (exact) mass is 412 g/mol. The number of nitrogens with one attached hydrogen (secondary N) is 2. The number of hydrogen-bond donors (Lipinski definition) is 2. The Morgan fingerprint density at radius 3 is 2.71 bits per heavy atom. The van der Waals surface area contributed by atoms with E-state index in [-0.39, 0.29) is 12.0 Å². The third-order valence-electron chi connectivity index (χ3n) is 4.62. The quantitative estimate of drug-likeness (QED) is 0.585. The van der Waals surface area contributed by atoms with E-state index in [1.165, 1.54) is 11.3 Å². The van der Waals surface area contributed by atoms with Gasteiger partial charge in [0, 0.05) is 15.6 Å². The first kappa shape index (κ1) is 19.0. The standard InChI is InChI=1S/C22H21ClN2O2S/c23-16-4-2-5-17(14-16)25-22(26)21-8-7-20(28-21)15-3-1-6-19(13-15)27-18-9-11-24-12-10-18/h1-8,13-14,18,24H,9-12H2,(H,25,26). The summed E-state index contributed by atoms with van der Waals surface area (Å²) in [5.74, 6) is 0.739. The van der Waals surface area contributed by atoms with E-state index in [1.54, 1.807) is 12.1 Å². The number of piperidine rings is 1. The zero-order valence-corrected chi connectivity index (χ0v) is 16.9. The van der Waals surface area contributed by atoms with Crippen molar-refractivity contribution >= 4 is 34.5 Å². The fourth-order valence-electron chi connectivity index (χ4n) is 3.20. The van der Waals surface area contributed by atoms with Crippen LogP contribution in [0.4, 0.5) is 5.69 Å². The van der Waals surface area contributed by atoms with Gasteiger partial charge in [0.15, 0.2) is 0 Å². The molecular formula is C22H21ClN2O2S. The van der Waals surface area contributed by atoms with Crippen LogP contribution in [0, 0.1) is 0 Å². The molecule has 3 aromatic rings. The summed E-state index contributed by atoms with van der Waals surface area (Å²) in [4.78, 5) is 14.2. The highest BCUT2D eigenvalue weighted by Crippen LogP contribution is 2.31. The summed E-state index contributed by atoms with van der Waals surface area (Å²) in [6.07, 6.45) is 2.31. The molecule has 2 heterocycles. The molecule has 0 atom stereocenters. The zero-order chi connectivity index (χ0) is 19.3. The summed E-state index contributed by atoms with van der Waals surface area (Å²) >= 11 is 7.44. The number of carbonyl (C=O) groups excluding carboxylic acids is 1. The lowest BCUT2D eigenvalue weighted by Crippen LogP contribution is -2.34. The summed E-state index contributed by atoms with van der Waals surface area (Å²) in [5, 5.41) is 6.83. The first-order valence-corrected chi connectivity index (χ1v) is 10.5. The minimum atomic E-state index is -0.138. The average molecular weight is 413 g/mol. The Kier molecular flexibility index (Phi) is 5.95. The Bertz CT molecular complexity index is 966. The minimum Gasteiger partial charge on any atom is -0.490 e. The topological polar surface area (TPSA) is 50.4 Å². The maximum absolute atomic E-state index is 12.5. The van der Waals surface area contributed by atoms with Gasteiger partial charge in [0.1, 0.15) is 11.9 Å². The Hall–Kier alpha value is -2.34. The average Bonchev–Trinajstić information content (AvgIpc) is 3.20. The number of halogens is 1. The van der Waals surface area contributed by atoms with E-state index in [2.05, 4.69) is 10.6 Å². The van der Waals surface area contributed by atoms with E-state index < -0.39 is 0 Å². The number of ether oxygens (including phenoxy) is 1. The highest BCUT2D eigenvalue weighted by molar-refractivity contribution is 7.17. The molecule has 0 saturated carbocycles. The Morgan fingerprint density at radius 1 is 1.07 bits per heavy atom. The normalized spacial score (nSPS) is 14.6. The molecule has 6 heteroatoms. The van der Waals surface area contributed by atoms with Crippen molar-refractivity contribution in [2.24, 2.45) is 0 Å². The molecule has 0 bridgehead atoms. The van der Waals surface area contributed by atoms with Crippen molar-refractivity contribution in [2.45, 2.75) is 18.9 Å². The summed E-state index contributed by atoms with van der Waals surface area (Å²) in [6, 6.07) is 19.0. The number of carbonyl (C=O) groups is 1. The molecule has 1 saturated heterocycles. The van der Waals surface area contributed by atoms with Crippen molar-refractivity contribution in [3.63, 3.8) is 0 Å². The molecule has 2 N–H and O–H groups in total. The van der Waals surface area contributed by atoms with Gasteiger partial charge in [0.05, 0.1) is 4.88 Å². The number of amides is 1.